The van der Waals surface area contributed by atoms with E-state index in [9.17, 15) is 0 Å². The van der Waals surface area contributed by atoms with Crippen LogP contribution in [0.5, 0.6) is 0 Å². The molecular formula is C14H16N4O. The lowest BCUT2D eigenvalue weighted by atomic mass is 10.1. The van der Waals surface area contributed by atoms with Gasteiger partial charge in [-0.1, -0.05) is 18.2 Å². The highest BCUT2D eigenvalue weighted by atomic mass is 16.5. The molecule has 0 aliphatic heterocycles. The number of rotatable bonds is 5. The lowest BCUT2D eigenvalue weighted by Gasteiger charge is -2.11. The Balaban J connectivity index is 2.22. The van der Waals surface area contributed by atoms with Crippen molar-refractivity contribution in [3.8, 4) is 6.07 Å². The van der Waals surface area contributed by atoms with Crippen LogP contribution in [0.1, 0.15) is 19.5 Å². The molecule has 1 N–H and O–H groups in total. The van der Waals surface area contributed by atoms with E-state index in [1.54, 1.807) is 0 Å². The van der Waals surface area contributed by atoms with Gasteiger partial charge in [-0.2, -0.15) is 5.26 Å². The molecule has 0 aliphatic carbocycles. The van der Waals surface area contributed by atoms with Crippen molar-refractivity contribution in [1.82, 2.24) is 10.2 Å². The molecule has 0 atom stereocenters. The maximum Gasteiger partial charge on any atom is 0.186 e. The molecule has 0 radical (unpaired) electrons. The topological polar surface area (TPSA) is 70.8 Å². The van der Waals surface area contributed by atoms with E-state index in [-0.39, 0.29) is 6.10 Å². The average molecular weight is 256 g/mol. The van der Waals surface area contributed by atoms with Crippen molar-refractivity contribution in [1.29, 1.82) is 5.26 Å². The summed E-state index contributed by atoms with van der Waals surface area (Å²) < 4.78 is 5.47. The highest BCUT2D eigenvalue weighted by Gasteiger charge is 2.09. The predicted molar refractivity (Wildman–Crippen MR) is 73.8 cm³/mol. The quantitative estimate of drug-likeness (QED) is 0.831. The molecule has 0 saturated carbocycles. The van der Waals surface area contributed by atoms with Crippen LogP contribution in [-0.4, -0.2) is 29.5 Å². The van der Waals surface area contributed by atoms with Gasteiger partial charge in [-0.3, -0.25) is 0 Å². The van der Waals surface area contributed by atoms with Crippen LogP contribution in [0.2, 0.25) is 0 Å². The Morgan fingerprint density at radius 3 is 2.84 bits per heavy atom. The number of aromatic nitrogens is 2. The van der Waals surface area contributed by atoms with E-state index in [1.807, 2.05) is 38.1 Å². The lowest BCUT2D eigenvalue weighted by molar-refractivity contribution is 0.0871. The SMILES string of the molecule is CC(C)OCCNc1c(C#N)nnc2ccccc12. The molecular weight excluding hydrogens is 240 g/mol. The van der Waals surface area contributed by atoms with Crippen molar-refractivity contribution in [3.63, 3.8) is 0 Å². The van der Waals surface area contributed by atoms with Crippen LogP contribution in [0.25, 0.3) is 10.9 Å². The smallest absolute Gasteiger partial charge is 0.186 e. The van der Waals surface area contributed by atoms with E-state index in [0.717, 1.165) is 16.6 Å². The Morgan fingerprint density at radius 2 is 2.11 bits per heavy atom. The fourth-order valence-electron chi connectivity index (χ4n) is 1.78. The Hall–Kier alpha value is -2.19. The van der Waals surface area contributed by atoms with Crippen LogP contribution in [0.4, 0.5) is 5.69 Å². The molecule has 1 heterocycles. The summed E-state index contributed by atoms with van der Waals surface area (Å²) in [5.41, 5.74) is 1.80. The molecule has 0 amide bonds. The minimum absolute atomic E-state index is 0.199. The highest BCUT2D eigenvalue weighted by Crippen LogP contribution is 2.23. The fraction of sp³-hybridized carbons (Fsp3) is 0.357. The second-order valence-corrected chi connectivity index (χ2v) is 4.40. The first-order valence-electron chi connectivity index (χ1n) is 6.23. The van der Waals surface area contributed by atoms with E-state index in [1.165, 1.54) is 0 Å². The first-order chi connectivity index (χ1) is 9.22. The number of nitrogens with one attached hydrogen (secondary N) is 1. The zero-order valence-electron chi connectivity index (χ0n) is 11.1. The predicted octanol–water partition coefficient (Wildman–Crippen LogP) is 2.34. The largest absolute Gasteiger partial charge is 0.380 e. The van der Waals surface area contributed by atoms with Crippen LogP contribution in [0.15, 0.2) is 24.3 Å². The van der Waals surface area contributed by atoms with E-state index < -0.39 is 0 Å². The highest BCUT2D eigenvalue weighted by molar-refractivity contribution is 5.92. The van der Waals surface area contributed by atoms with Crippen molar-refractivity contribution in [2.45, 2.75) is 20.0 Å². The number of hydrogen-bond acceptors (Lipinski definition) is 5. The third-order valence-corrected chi connectivity index (χ3v) is 2.63. The number of anilines is 1. The zero-order valence-corrected chi connectivity index (χ0v) is 11.1. The van der Waals surface area contributed by atoms with Gasteiger partial charge in [0, 0.05) is 11.9 Å². The Labute approximate surface area is 112 Å². The average Bonchev–Trinajstić information content (AvgIpc) is 2.43. The van der Waals surface area contributed by atoms with E-state index in [0.29, 0.717) is 18.8 Å². The van der Waals surface area contributed by atoms with Gasteiger partial charge in [0.2, 0.25) is 0 Å². The molecule has 0 fully saturated rings. The molecule has 19 heavy (non-hydrogen) atoms. The summed E-state index contributed by atoms with van der Waals surface area (Å²) in [5, 5.41) is 21.2. The molecule has 98 valence electrons. The minimum atomic E-state index is 0.199. The first-order valence-corrected chi connectivity index (χ1v) is 6.23. The maximum absolute atomic E-state index is 9.10. The summed E-state index contributed by atoms with van der Waals surface area (Å²) in [6.07, 6.45) is 0.199. The summed E-state index contributed by atoms with van der Waals surface area (Å²) in [5.74, 6) is 0. The number of hydrogen-bond donors (Lipinski definition) is 1. The molecule has 5 heteroatoms. The first kappa shape index (κ1) is 13.2. The molecule has 0 bridgehead atoms. The van der Waals surface area contributed by atoms with E-state index in [4.69, 9.17) is 10.00 Å². The third-order valence-electron chi connectivity index (χ3n) is 2.63. The molecule has 5 nitrogen and oxygen atoms in total. The van der Waals surface area contributed by atoms with Crippen LogP contribution in [0, 0.1) is 11.3 Å². The third kappa shape index (κ3) is 3.18. The summed E-state index contributed by atoms with van der Waals surface area (Å²) in [4.78, 5) is 0. The van der Waals surface area contributed by atoms with Gasteiger partial charge in [0.15, 0.2) is 5.69 Å². The van der Waals surface area contributed by atoms with Gasteiger partial charge in [-0.15, -0.1) is 10.2 Å². The van der Waals surface area contributed by atoms with Crippen LogP contribution in [0.3, 0.4) is 0 Å². The monoisotopic (exact) mass is 256 g/mol. The number of nitrogens with zero attached hydrogens (tertiary/aromatic N) is 3. The van der Waals surface area contributed by atoms with Crippen LogP contribution in [-0.2, 0) is 4.74 Å². The molecule has 0 spiro atoms. The van der Waals surface area contributed by atoms with Gasteiger partial charge < -0.3 is 10.1 Å². The Kier molecular flexibility index (Phi) is 4.26. The second-order valence-electron chi connectivity index (χ2n) is 4.40. The number of ether oxygens (including phenoxy) is 1. The lowest BCUT2D eigenvalue weighted by Crippen LogP contribution is -2.14. The fourth-order valence-corrected chi connectivity index (χ4v) is 1.78. The standard InChI is InChI=1S/C14H16N4O/c1-10(2)19-8-7-16-14-11-5-3-4-6-12(11)17-18-13(14)9-15/h3-6,10H,7-8H2,1-2H3,(H,16,17). The van der Waals surface area contributed by atoms with Gasteiger partial charge >= 0.3 is 0 Å². The molecule has 2 aromatic rings. The molecule has 0 saturated heterocycles. The van der Waals surface area contributed by atoms with Crippen molar-refractivity contribution in [3.05, 3.63) is 30.0 Å². The Bertz CT molecular complexity index is 604. The van der Waals surface area contributed by atoms with Gasteiger partial charge in [-0.05, 0) is 19.9 Å². The normalized spacial score (nSPS) is 10.6. The maximum atomic E-state index is 9.10. The van der Waals surface area contributed by atoms with E-state index >= 15 is 0 Å². The van der Waals surface area contributed by atoms with Crippen molar-refractivity contribution < 1.29 is 4.74 Å². The zero-order chi connectivity index (χ0) is 13.7. The summed E-state index contributed by atoms with van der Waals surface area (Å²) >= 11 is 0. The van der Waals surface area contributed by atoms with Gasteiger partial charge in [0.25, 0.3) is 0 Å². The molecule has 2 rings (SSSR count). The number of nitriles is 1. The molecule has 1 aromatic carbocycles. The van der Waals surface area contributed by atoms with Gasteiger partial charge in [0.05, 0.1) is 23.9 Å². The summed E-state index contributed by atoms with van der Waals surface area (Å²) in [6.45, 7) is 5.19. The van der Waals surface area contributed by atoms with Crippen LogP contribution < -0.4 is 5.32 Å². The van der Waals surface area contributed by atoms with Crippen molar-refractivity contribution in [2.24, 2.45) is 0 Å². The van der Waals surface area contributed by atoms with Crippen molar-refractivity contribution in [2.75, 3.05) is 18.5 Å². The second kappa shape index (κ2) is 6.12. The number of fused-ring (bicyclic) bond motifs is 1. The minimum Gasteiger partial charge on any atom is -0.380 e. The molecule has 0 unspecified atom stereocenters. The van der Waals surface area contributed by atoms with Gasteiger partial charge in [-0.25, -0.2) is 0 Å². The Morgan fingerprint density at radius 1 is 1.32 bits per heavy atom. The molecule has 1 aromatic heterocycles. The van der Waals surface area contributed by atoms with Crippen LogP contribution >= 0.6 is 0 Å². The molecule has 0 aliphatic rings. The van der Waals surface area contributed by atoms with Crippen molar-refractivity contribution >= 4 is 16.6 Å². The number of benzene rings is 1. The summed E-state index contributed by atoms with van der Waals surface area (Å²) in [6, 6.07) is 9.68. The summed E-state index contributed by atoms with van der Waals surface area (Å²) in [7, 11) is 0. The van der Waals surface area contributed by atoms with E-state index in [2.05, 4.69) is 21.6 Å². The van der Waals surface area contributed by atoms with Gasteiger partial charge in [0.1, 0.15) is 6.07 Å².